The summed E-state index contributed by atoms with van der Waals surface area (Å²) in [5, 5.41) is 14.7. The molecule has 1 aromatic carbocycles. The zero-order chi connectivity index (χ0) is 20.4. The van der Waals surface area contributed by atoms with E-state index in [-0.39, 0.29) is 11.9 Å². The number of rotatable bonds is 6. The number of hydrogen-bond acceptors (Lipinski definition) is 6. The third kappa shape index (κ3) is 4.07. The van der Waals surface area contributed by atoms with Gasteiger partial charge in [0.1, 0.15) is 12.7 Å². The van der Waals surface area contributed by atoms with Crippen LogP contribution in [0.5, 0.6) is 11.5 Å². The molecule has 0 radical (unpaired) electrons. The quantitative estimate of drug-likeness (QED) is 0.794. The molecule has 2 fully saturated rings. The number of carbonyl (C=O) groups is 1. The number of carbonyl (C=O) groups excluding carboxylic acids is 1. The molecule has 29 heavy (non-hydrogen) atoms. The van der Waals surface area contributed by atoms with Gasteiger partial charge in [0.25, 0.3) is 0 Å². The third-order valence-corrected chi connectivity index (χ3v) is 6.31. The second kappa shape index (κ2) is 8.41. The number of likely N-dealkylation sites (tertiary alicyclic amines) is 1. The monoisotopic (exact) mass is 400 g/mol. The number of aryl methyl sites for hydroxylation is 1. The number of methoxy groups -OCH3 is 2. The van der Waals surface area contributed by atoms with Crippen LogP contribution in [0.3, 0.4) is 0 Å². The van der Waals surface area contributed by atoms with Gasteiger partial charge in [-0.1, -0.05) is 6.07 Å². The van der Waals surface area contributed by atoms with Crippen LogP contribution in [0.1, 0.15) is 30.9 Å². The third-order valence-electron chi connectivity index (χ3n) is 6.31. The van der Waals surface area contributed by atoms with Crippen LogP contribution in [-0.4, -0.2) is 64.1 Å². The van der Waals surface area contributed by atoms with Gasteiger partial charge in [-0.3, -0.25) is 4.79 Å². The Labute approximate surface area is 170 Å². The predicted molar refractivity (Wildman–Crippen MR) is 106 cm³/mol. The van der Waals surface area contributed by atoms with Crippen LogP contribution < -0.4 is 9.47 Å². The Kier molecular flexibility index (Phi) is 5.71. The molecule has 0 spiro atoms. The molecule has 8 heteroatoms. The minimum Gasteiger partial charge on any atom is -0.493 e. The molecule has 0 unspecified atom stereocenters. The Hall–Kier alpha value is -2.61. The predicted octanol–water partition coefficient (Wildman–Crippen LogP) is 1.70. The maximum Gasteiger partial charge on any atom is 0.222 e. The number of aliphatic hydroxyl groups excluding tert-OH is 1. The van der Waals surface area contributed by atoms with Gasteiger partial charge in [-0.2, -0.15) is 5.10 Å². The molecule has 2 aliphatic rings. The van der Waals surface area contributed by atoms with Crippen LogP contribution in [0.2, 0.25) is 0 Å². The van der Waals surface area contributed by atoms with Crippen LogP contribution in [-0.2, 0) is 11.2 Å². The van der Waals surface area contributed by atoms with Gasteiger partial charge in [-0.25, -0.2) is 9.67 Å². The van der Waals surface area contributed by atoms with E-state index >= 15 is 0 Å². The van der Waals surface area contributed by atoms with Gasteiger partial charge in [0, 0.05) is 19.5 Å². The highest BCUT2D eigenvalue weighted by atomic mass is 16.5. The molecule has 1 amide bonds. The van der Waals surface area contributed by atoms with Crippen molar-refractivity contribution in [2.45, 2.75) is 37.8 Å². The summed E-state index contributed by atoms with van der Waals surface area (Å²) in [6, 6.07) is 5.71. The molecule has 2 heterocycles. The van der Waals surface area contributed by atoms with Gasteiger partial charge < -0.3 is 19.5 Å². The minimum absolute atomic E-state index is 0.0550. The summed E-state index contributed by atoms with van der Waals surface area (Å²) in [6.45, 7) is 1.49. The zero-order valence-corrected chi connectivity index (χ0v) is 16.9. The van der Waals surface area contributed by atoms with Gasteiger partial charge in [0.05, 0.1) is 26.4 Å². The standard InChI is InChI=1S/C21H28N4O4/c1-28-19-5-3-14(7-20(19)29-2)4-6-21(27)24-10-15-8-17(25-13-22-12-23-25)18(26)9-16(15)11-24/h3,5,7,12-13,15-18,26H,4,6,8-11H2,1-2H3/t15-,16+,17-,18-/m1/s1. The zero-order valence-electron chi connectivity index (χ0n) is 16.9. The number of ether oxygens (including phenoxy) is 2. The van der Waals surface area contributed by atoms with Gasteiger partial charge in [0.15, 0.2) is 11.5 Å². The van der Waals surface area contributed by atoms with Crippen molar-refractivity contribution < 1.29 is 19.4 Å². The summed E-state index contributed by atoms with van der Waals surface area (Å²) in [6.07, 6.45) is 5.37. The highest BCUT2D eigenvalue weighted by Gasteiger charge is 2.43. The summed E-state index contributed by atoms with van der Waals surface area (Å²) in [4.78, 5) is 18.8. The van der Waals surface area contributed by atoms with Crippen molar-refractivity contribution in [3.8, 4) is 11.5 Å². The van der Waals surface area contributed by atoms with E-state index < -0.39 is 6.10 Å². The van der Waals surface area contributed by atoms with Crippen molar-refractivity contribution in [1.29, 1.82) is 0 Å². The maximum absolute atomic E-state index is 12.8. The SMILES string of the molecule is COc1ccc(CCC(=O)N2C[C@H]3C[C@@H](n4cncn4)[C@H](O)C[C@H]3C2)cc1OC. The lowest BCUT2D eigenvalue weighted by atomic mass is 9.77. The molecule has 0 bridgehead atoms. The molecule has 1 aliphatic carbocycles. The smallest absolute Gasteiger partial charge is 0.222 e. The maximum atomic E-state index is 12.8. The average molecular weight is 400 g/mol. The fraction of sp³-hybridized carbons (Fsp3) is 0.571. The number of aromatic nitrogens is 3. The van der Waals surface area contributed by atoms with Crippen molar-refractivity contribution in [3.63, 3.8) is 0 Å². The van der Waals surface area contributed by atoms with E-state index in [1.807, 2.05) is 23.1 Å². The first kappa shape index (κ1) is 19.7. The van der Waals surface area contributed by atoms with Crippen molar-refractivity contribution in [2.75, 3.05) is 27.3 Å². The summed E-state index contributed by atoms with van der Waals surface area (Å²) < 4.78 is 12.4. The summed E-state index contributed by atoms with van der Waals surface area (Å²) in [5.41, 5.74) is 1.05. The molecule has 1 saturated heterocycles. The molecule has 2 aromatic rings. The number of hydrogen-bond donors (Lipinski definition) is 1. The van der Waals surface area contributed by atoms with Gasteiger partial charge in [0.2, 0.25) is 5.91 Å². The van der Waals surface area contributed by atoms with E-state index in [0.29, 0.717) is 42.6 Å². The van der Waals surface area contributed by atoms with Gasteiger partial charge >= 0.3 is 0 Å². The number of nitrogens with zero attached hydrogens (tertiary/aromatic N) is 4. The van der Waals surface area contributed by atoms with Crippen molar-refractivity contribution in [1.82, 2.24) is 19.7 Å². The normalized spacial score (nSPS) is 26.2. The fourth-order valence-electron chi connectivity index (χ4n) is 4.73. The lowest BCUT2D eigenvalue weighted by Gasteiger charge is -2.34. The van der Waals surface area contributed by atoms with Gasteiger partial charge in [-0.15, -0.1) is 0 Å². The van der Waals surface area contributed by atoms with Crippen molar-refractivity contribution in [2.24, 2.45) is 11.8 Å². The molecule has 1 aliphatic heterocycles. The molecule has 4 rings (SSSR count). The molecule has 156 valence electrons. The molecular weight excluding hydrogens is 372 g/mol. The second-order valence-corrected chi connectivity index (χ2v) is 7.99. The first-order chi connectivity index (χ1) is 14.1. The summed E-state index contributed by atoms with van der Waals surface area (Å²) >= 11 is 0. The van der Waals surface area contributed by atoms with E-state index in [0.717, 1.165) is 25.1 Å². The Morgan fingerprint density at radius 2 is 1.93 bits per heavy atom. The molecule has 8 nitrogen and oxygen atoms in total. The van der Waals surface area contributed by atoms with Crippen LogP contribution >= 0.6 is 0 Å². The lowest BCUT2D eigenvalue weighted by molar-refractivity contribution is -0.130. The number of fused-ring (bicyclic) bond motifs is 1. The van der Waals surface area contributed by atoms with E-state index in [1.165, 1.54) is 6.33 Å². The summed E-state index contributed by atoms with van der Waals surface area (Å²) in [5.74, 6) is 2.29. The highest BCUT2D eigenvalue weighted by Crippen LogP contribution is 2.41. The van der Waals surface area contributed by atoms with Crippen molar-refractivity contribution >= 4 is 5.91 Å². The van der Waals surface area contributed by atoms with Crippen LogP contribution in [0, 0.1) is 11.8 Å². The molecular formula is C21H28N4O4. The number of benzene rings is 1. The number of amides is 1. The lowest BCUT2D eigenvalue weighted by Crippen LogP contribution is -2.36. The Morgan fingerprint density at radius 1 is 1.17 bits per heavy atom. The topological polar surface area (TPSA) is 89.7 Å². The molecule has 4 atom stereocenters. The van der Waals surface area contributed by atoms with E-state index in [2.05, 4.69) is 10.1 Å². The van der Waals surface area contributed by atoms with Crippen LogP contribution in [0.25, 0.3) is 0 Å². The van der Waals surface area contributed by atoms with E-state index in [1.54, 1.807) is 25.2 Å². The highest BCUT2D eigenvalue weighted by molar-refractivity contribution is 5.76. The molecule has 1 N–H and O–H groups in total. The van der Waals surface area contributed by atoms with E-state index in [9.17, 15) is 9.90 Å². The summed E-state index contributed by atoms with van der Waals surface area (Å²) in [7, 11) is 3.22. The first-order valence-corrected chi connectivity index (χ1v) is 10.1. The Bertz CT molecular complexity index is 841. The number of aliphatic hydroxyl groups is 1. The molecule has 1 aromatic heterocycles. The van der Waals surface area contributed by atoms with E-state index in [4.69, 9.17) is 9.47 Å². The largest absolute Gasteiger partial charge is 0.493 e. The Balaban J connectivity index is 1.34. The van der Waals surface area contributed by atoms with Crippen LogP contribution in [0.4, 0.5) is 0 Å². The van der Waals surface area contributed by atoms with Crippen molar-refractivity contribution in [3.05, 3.63) is 36.4 Å². The van der Waals surface area contributed by atoms with Gasteiger partial charge in [-0.05, 0) is 48.8 Å². The van der Waals surface area contributed by atoms with Crippen LogP contribution in [0.15, 0.2) is 30.9 Å². The first-order valence-electron chi connectivity index (χ1n) is 10.1. The fourth-order valence-corrected chi connectivity index (χ4v) is 4.73. The average Bonchev–Trinajstić information content (AvgIpc) is 3.40. The molecule has 1 saturated carbocycles. The Morgan fingerprint density at radius 3 is 2.62 bits per heavy atom. The minimum atomic E-state index is -0.445. The second-order valence-electron chi connectivity index (χ2n) is 7.99.